The molecule has 1 aliphatic heterocycles. The zero-order valence-corrected chi connectivity index (χ0v) is 16.3. The van der Waals surface area contributed by atoms with Crippen molar-refractivity contribution in [2.45, 2.75) is 32.4 Å². The molecule has 2 aromatic heterocycles. The smallest absolute Gasteiger partial charge is 0.174 e. The molecular weight excluding hydrogens is 373 g/mol. The average molecular weight is 395 g/mol. The van der Waals surface area contributed by atoms with Crippen molar-refractivity contribution in [3.63, 3.8) is 0 Å². The number of nitrogens with zero attached hydrogens (tertiary/aromatic N) is 3. The van der Waals surface area contributed by atoms with E-state index in [0.717, 1.165) is 5.56 Å². The molecule has 0 aliphatic carbocycles. The van der Waals surface area contributed by atoms with Crippen LogP contribution in [0.4, 0.5) is 10.2 Å². The van der Waals surface area contributed by atoms with Crippen LogP contribution < -0.4 is 15.4 Å². The Balaban J connectivity index is 1.83. The van der Waals surface area contributed by atoms with E-state index in [2.05, 4.69) is 27.3 Å². The van der Waals surface area contributed by atoms with Gasteiger partial charge in [0.05, 0.1) is 24.3 Å². The first kappa shape index (κ1) is 18.9. The molecule has 0 amide bonds. The fourth-order valence-corrected chi connectivity index (χ4v) is 3.34. The maximum atomic E-state index is 14.0. The highest BCUT2D eigenvalue weighted by Crippen LogP contribution is 2.30. The molecule has 150 valence electrons. The molecule has 2 bridgehead atoms. The number of ketones is 1. The summed E-state index contributed by atoms with van der Waals surface area (Å²) < 4.78 is 21.7. The monoisotopic (exact) mass is 395 g/mol. The van der Waals surface area contributed by atoms with Crippen LogP contribution in [0.2, 0.25) is 0 Å². The SMILES string of the molecule is C=C1NC[C@H](C(=O)CC)Oc2ccc(F)cc2[C@@H](C)Nc2ccn3ncc1c3n2. The third-order valence-electron chi connectivity index (χ3n) is 4.97. The van der Waals surface area contributed by atoms with E-state index in [0.29, 0.717) is 34.9 Å². The fourth-order valence-electron chi connectivity index (χ4n) is 3.34. The zero-order valence-electron chi connectivity index (χ0n) is 16.3. The molecule has 4 rings (SSSR count). The Labute approximate surface area is 167 Å². The topological polar surface area (TPSA) is 80.5 Å². The summed E-state index contributed by atoms with van der Waals surface area (Å²) in [6, 6.07) is 5.77. The number of aromatic nitrogens is 3. The Morgan fingerprint density at radius 1 is 1.41 bits per heavy atom. The number of rotatable bonds is 2. The van der Waals surface area contributed by atoms with Crippen molar-refractivity contribution in [2.24, 2.45) is 0 Å². The van der Waals surface area contributed by atoms with Crippen molar-refractivity contribution in [3.8, 4) is 5.75 Å². The maximum absolute atomic E-state index is 14.0. The van der Waals surface area contributed by atoms with Gasteiger partial charge in [-0.1, -0.05) is 13.5 Å². The van der Waals surface area contributed by atoms with Crippen molar-refractivity contribution in [1.29, 1.82) is 0 Å². The van der Waals surface area contributed by atoms with Crippen molar-refractivity contribution < 1.29 is 13.9 Å². The van der Waals surface area contributed by atoms with Gasteiger partial charge < -0.3 is 15.4 Å². The summed E-state index contributed by atoms with van der Waals surface area (Å²) in [6.45, 7) is 7.96. The van der Waals surface area contributed by atoms with E-state index in [1.807, 2.05) is 6.92 Å². The number of Topliss-reactive ketones (excluding diaryl/α,β-unsaturated/α-hetero) is 1. The van der Waals surface area contributed by atoms with Crippen LogP contribution in [0.15, 0.2) is 43.2 Å². The number of fused-ring (bicyclic) bond motifs is 2. The van der Waals surface area contributed by atoms with Crippen LogP contribution in [0, 0.1) is 5.82 Å². The van der Waals surface area contributed by atoms with Crippen LogP contribution in [0.1, 0.15) is 37.4 Å². The first-order chi connectivity index (χ1) is 14.0. The van der Waals surface area contributed by atoms with Gasteiger partial charge in [0.1, 0.15) is 17.4 Å². The number of halogens is 1. The van der Waals surface area contributed by atoms with Crippen LogP contribution in [0.5, 0.6) is 5.75 Å². The van der Waals surface area contributed by atoms with Gasteiger partial charge in [-0.2, -0.15) is 5.10 Å². The summed E-state index contributed by atoms with van der Waals surface area (Å²) in [5.74, 6) is 0.621. The zero-order chi connectivity index (χ0) is 20.5. The fraction of sp³-hybridized carbons (Fsp3) is 0.286. The second kappa shape index (κ2) is 7.54. The molecule has 3 aromatic rings. The quantitative estimate of drug-likeness (QED) is 0.693. The molecule has 0 saturated carbocycles. The van der Waals surface area contributed by atoms with Gasteiger partial charge in [-0.3, -0.25) is 4.79 Å². The third-order valence-corrected chi connectivity index (χ3v) is 4.97. The lowest BCUT2D eigenvalue weighted by molar-refractivity contribution is -0.125. The summed E-state index contributed by atoms with van der Waals surface area (Å²) in [6.07, 6.45) is 3.05. The third kappa shape index (κ3) is 3.65. The lowest BCUT2D eigenvalue weighted by Crippen LogP contribution is -2.37. The first-order valence-electron chi connectivity index (χ1n) is 9.49. The lowest BCUT2D eigenvalue weighted by Gasteiger charge is -2.23. The Kier molecular flexibility index (Phi) is 4.92. The molecule has 7 nitrogen and oxygen atoms in total. The van der Waals surface area contributed by atoms with Crippen molar-refractivity contribution >= 4 is 22.9 Å². The molecule has 2 N–H and O–H groups in total. The van der Waals surface area contributed by atoms with Crippen molar-refractivity contribution in [1.82, 2.24) is 19.9 Å². The summed E-state index contributed by atoms with van der Waals surface area (Å²) in [5, 5.41) is 10.7. The van der Waals surface area contributed by atoms with E-state index in [1.54, 1.807) is 36.0 Å². The molecule has 0 fully saturated rings. The highest BCUT2D eigenvalue weighted by atomic mass is 19.1. The predicted molar refractivity (Wildman–Crippen MR) is 108 cm³/mol. The van der Waals surface area contributed by atoms with E-state index >= 15 is 0 Å². The van der Waals surface area contributed by atoms with Gasteiger partial charge in [0.2, 0.25) is 0 Å². The summed E-state index contributed by atoms with van der Waals surface area (Å²) in [5.41, 5.74) is 2.55. The minimum absolute atomic E-state index is 0.0603. The summed E-state index contributed by atoms with van der Waals surface area (Å²) in [7, 11) is 0. The molecular formula is C21H22FN5O2. The number of anilines is 1. The highest BCUT2D eigenvalue weighted by Gasteiger charge is 2.23. The van der Waals surface area contributed by atoms with Gasteiger partial charge >= 0.3 is 0 Å². The molecule has 0 radical (unpaired) electrons. The summed E-state index contributed by atoms with van der Waals surface area (Å²) >= 11 is 0. The lowest BCUT2D eigenvalue weighted by atomic mass is 10.1. The van der Waals surface area contributed by atoms with E-state index in [4.69, 9.17) is 4.74 Å². The van der Waals surface area contributed by atoms with Crippen LogP contribution in [-0.4, -0.2) is 33.0 Å². The summed E-state index contributed by atoms with van der Waals surface area (Å²) in [4.78, 5) is 17.1. The number of carbonyl (C=O) groups is 1. The number of ether oxygens (including phenoxy) is 1. The molecule has 2 atom stereocenters. The second-order valence-electron chi connectivity index (χ2n) is 6.97. The van der Waals surface area contributed by atoms with E-state index < -0.39 is 6.10 Å². The minimum atomic E-state index is -0.740. The largest absolute Gasteiger partial charge is 0.480 e. The van der Waals surface area contributed by atoms with Gasteiger partial charge in [-0.05, 0) is 31.2 Å². The number of carbonyl (C=O) groups excluding carboxylic acids is 1. The molecule has 0 saturated heterocycles. The van der Waals surface area contributed by atoms with E-state index in [1.165, 1.54) is 12.1 Å². The Bertz CT molecular complexity index is 1090. The Hall–Kier alpha value is -3.42. The van der Waals surface area contributed by atoms with Crippen LogP contribution in [0.3, 0.4) is 0 Å². The predicted octanol–water partition coefficient (Wildman–Crippen LogP) is 3.34. The normalized spacial score (nSPS) is 19.2. The van der Waals surface area contributed by atoms with Crippen LogP contribution >= 0.6 is 0 Å². The van der Waals surface area contributed by atoms with Crippen LogP contribution in [0.25, 0.3) is 11.3 Å². The number of benzene rings is 1. The molecule has 1 aliphatic rings. The highest BCUT2D eigenvalue weighted by molar-refractivity contribution is 5.84. The van der Waals surface area contributed by atoms with Gasteiger partial charge in [-0.25, -0.2) is 13.9 Å². The Morgan fingerprint density at radius 2 is 2.24 bits per heavy atom. The van der Waals surface area contributed by atoms with E-state index in [-0.39, 0.29) is 24.2 Å². The van der Waals surface area contributed by atoms with E-state index in [9.17, 15) is 9.18 Å². The maximum Gasteiger partial charge on any atom is 0.174 e. The van der Waals surface area contributed by atoms with Gasteiger partial charge in [-0.15, -0.1) is 0 Å². The average Bonchev–Trinajstić information content (AvgIpc) is 3.14. The number of nitrogens with one attached hydrogen (secondary N) is 2. The molecule has 29 heavy (non-hydrogen) atoms. The van der Waals surface area contributed by atoms with Gasteiger partial charge in [0, 0.05) is 23.9 Å². The van der Waals surface area contributed by atoms with Crippen molar-refractivity contribution in [2.75, 3.05) is 11.9 Å². The van der Waals surface area contributed by atoms with Gasteiger partial charge in [0.15, 0.2) is 17.5 Å². The molecule has 1 aromatic carbocycles. The minimum Gasteiger partial charge on any atom is -0.480 e. The number of hydrogen-bond donors (Lipinski definition) is 2. The van der Waals surface area contributed by atoms with Crippen molar-refractivity contribution in [3.05, 3.63) is 60.2 Å². The molecule has 0 spiro atoms. The number of hydrogen-bond acceptors (Lipinski definition) is 6. The Morgan fingerprint density at radius 3 is 3.03 bits per heavy atom. The standard InChI is InChI=1S/C21H22FN5O2/c1-4-17(28)19-11-23-12(2)16-10-24-27-8-7-20(26-21(16)27)25-13(3)15-9-14(22)5-6-18(15)29-19/h5-10,13,19,23H,2,4,11H2,1,3H3,(H,25,26)/t13-,19-/m1/s1. The molecule has 0 unspecified atom stereocenters. The molecule has 8 heteroatoms. The van der Waals surface area contributed by atoms with Gasteiger partial charge in [0.25, 0.3) is 0 Å². The van der Waals surface area contributed by atoms with Crippen LogP contribution in [-0.2, 0) is 4.79 Å². The first-order valence-corrected chi connectivity index (χ1v) is 9.49. The second-order valence-corrected chi connectivity index (χ2v) is 6.97. The molecule has 3 heterocycles.